The summed E-state index contributed by atoms with van der Waals surface area (Å²) in [6.45, 7) is 3.44. The molecule has 3 rings (SSSR count). The second-order valence-electron chi connectivity index (χ2n) is 4.56. The number of aromatic nitrogens is 1. The van der Waals surface area contributed by atoms with E-state index >= 15 is 0 Å². The van der Waals surface area contributed by atoms with Crippen LogP contribution in [-0.2, 0) is 0 Å². The highest BCUT2D eigenvalue weighted by Crippen LogP contribution is 2.35. The molecule has 0 bridgehead atoms. The number of fused-ring (bicyclic) bond motifs is 1. The van der Waals surface area contributed by atoms with Gasteiger partial charge in [0.25, 0.3) is 0 Å². The van der Waals surface area contributed by atoms with E-state index in [1.807, 2.05) is 6.20 Å². The van der Waals surface area contributed by atoms with Gasteiger partial charge in [-0.15, -0.1) is 0 Å². The van der Waals surface area contributed by atoms with Gasteiger partial charge in [-0.3, -0.25) is 4.98 Å². The van der Waals surface area contributed by atoms with Gasteiger partial charge in [-0.1, -0.05) is 0 Å². The van der Waals surface area contributed by atoms with Gasteiger partial charge < -0.3 is 15.0 Å². The first-order valence-electron chi connectivity index (χ1n) is 5.85. The molecule has 1 N–H and O–H groups in total. The van der Waals surface area contributed by atoms with Crippen LogP contribution in [0.3, 0.4) is 0 Å². The Morgan fingerprint density at radius 3 is 3.25 bits per heavy atom. The number of pyridine rings is 1. The fourth-order valence-electron chi connectivity index (χ4n) is 2.70. The van der Waals surface area contributed by atoms with Crippen LogP contribution in [0.1, 0.15) is 6.42 Å². The van der Waals surface area contributed by atoms with E-state index in [0.717, 1.165) is 18.2 Å². The Hall–Kier alpha value is -1.29. The van der Waals surface area contributed by atoms with Gasteiger partial charge in [0, 0.05) is 25.2 Å². The zero-order chi connectivity index (χ0) is 11.0. The summed E-state index contributed by atoms with van der Waals surface area (Å²) in [6.07, 6.45) is 4.98. The molecule has 2 saturated heterocycles. The average Bonchev–Trinajstić information content (AvgIpc) is 2.31. The van der Waals surface area contributed by atoms with Crippen molar-refractivity contribution in [1.82, 2.24) is 10.3 Å². The lowest BCUT2D eigenvalue weighted by atomic mass is 9.83. The van der Waals surface area contributed by atoms with E-state index < -0.39 is 0 Å². The molecule has 4 nitrogen and oxygen atoms in total. The quantitative estimate of drug-likeness (QED) is 0.801. The number of nitrogens with one attached hydrogen (secondary N) is 1. The molecular formula is C12H17N3O. The van der Waals surface area contributed by atoms with Crippen molar-refractivity contribution < 1.29 is 4.74 Å². The van der Waals surface area contributed by atoms with E-state index in [0.29, 0.717) is 6.04 Å². The Balaban J connectivity index is 1.77. The van der Waals surface area contributed by atoms with Crippen LogP contribution in [-0.4, -0.2) is 37.8 Å². The van der Waals surface area contributed by atoms with Crippen molar-refractivity contribution in [1.29, 1.82) is 0 Å². The molecule has 0 unspecified atom stereocenters. The molecule has 3 heterocycles. The summed E-state index contributed by atoms with van der Waals surface area (Å²) in [7, 11) is 1.68. The molecule has 16 heavy (non-hydrogen) atoms. The summed E-state index contributed by atoms with van der Waals surface area (Å²) in [5.74, 6) is 1.71. The van der Waals surface area contributed by atoms with Crippen LogP contribution in [0.5, 0.6) is 5.75 Å². The smallest absolute Gasteiger partial charge is 0.139 e. The van der Waals surface area contributed by atoms with Crippen molar-refractivity contribution in [2.75, 3.05) is 31.6 Å². The predicted octanol–water partition coefficient (Wildman–Crippen LogP) is 0.888. The first-order valence-corrected chi connectivity index (χ1v) is 5.85. The maximum atomic E-state index is 5.20. The van der Waals surface area contributed by atoms with Gasteiger partial charge in [-0.25, -0.2) is 0 Å². The maximum absolute atomic E-state index is 5.20. The van der Waals surface area contributed by atoms with Crippen molar-refractivity contribution in [3.8, 4) is 5.75 Å². The van der Waals surface area contributed by atoms with Crippen molar-refractivity contribution in [3.05, 3.63) is 18.5 Å². The lowest BCUT2D eigenvalue weighted by Gasteiger charge is -2.52. The van der Waals surface area contributed by atoms with E-state index in [9.17, 15) is 0 Å². The molecular weight excluding hydrogens is 202 g/mol. The third kappa shape index (κ3) is 1.53. The summed E-state index contributed by atoms with van der Waals surface area (Å²) >= 11 is 0. The molecule has 0 aromatic carbocycles. The van der Waals surface area contributed by atoms with Crippen molar-refractivity contribution in [2.45, 2.75) is 12.5 Å². The van der Waals surface area contributed by atoms with Crippen molar-refractivity contribution in [3.63, 3.8) is 0 Å². The van der Waals surface area contributed by atoms with Gasteiger partial charge >= 0.3 is 0 Å². The number of nitrogens with zero attached hydrogens (tertiary/aromatic N) is 2. The molecule has 86 valence electrons. The molecule has 1 aromatic heterocycles. The summed E-state index contributed by atoms with van der Waals surface area (Å²) < 4.78 is 5.20. The number of hydrogen-bond donors (Lipinski definition) is 1. The molecule has 2 atom stereocenters. The monoisotopic (exact) mass is 219 g/mol. The number of methoxy groups -OCH3 is 1. The second kappa shape index (κ2) is 3.94. The first-order chi connectivity index (χ1) is 7.88. The minimum absolute atomic E-state index is 0.655. The highest BCUT2D eigenvalue weighted by molar-refractivity contribution is 5.52. The van der Waals surface area contributed by atoms with Crippen LogP contribution >= 0.6 is 0 Å². The van der Waals surface area contributed by atoms with Crippen molar-refractivity contribution >= 4 is 5.69 Å². The minimum Gasteiger partial charge on any atom is -0.495 e. The van der Waals surface area contributed by atoms with Gasteiger partial charge in [0.1, 0.15) is 5.75 Å². The summed E-state index contributed by atoms with van der Waals surface area (Å²) in [4.78, 5) is 6.63. The number of rotatable bonds is 2. The molecule has 4 heteroatoms. The van der Waals surface area contributed by atoms with Gasteiger partial charge in [0.2, 0.25) is 0 Å². The lowest BCUT2D eigenvalue weighted by molar-refractivity contribution is 0.229. The summed E-state index contributed by atoms with van der Waals surface area (Å²) in [5.41, 5.74) is 1.18. The normalized spacial score (nSPS) is 28.2. The topological polar surface area (TPSA) is 37.4 Å². The Labute approximate surface area is 95.6 Å². The van der Waals surface area contributed by atoms with E-state index in [1.54, 1.807) is 13.3 Å². The zero-order valence-electron chi connectivity index (χ0n) is 9.52. The Bertz CT molecular complexity index is 382. The van der Waals surface area contributed by atoms with Crippen molar-refractivity contribution in [2.24, 2.45) is 5.92 Å². The van der Waals surface area contributed by atoms with Crippen LogP contribution in [0.4, 0.5) is 5.69 Å². The fourth-order valence-corrected chi connectivity index (χ4v) is 2.70. The van der Waals surface area contributed by atoms with E-state index in [2.05, 4.69) is 21.3 Å². The Morgan fingerprint density at radius 2 is 2.44 bits per heavy atom. The average molecular weight is 219 g/mol. The van der Waals surface area contributed by atoms with E-state index in [4.69, 9.17) is 4.74 Å². The summed E-state index contributed by atoms with van der Waals surface area (Å²) in [5, 5.41) is 3.45. The van der Waals surface area contributed by atoms with Gasteiger partial charge in [0.05, 0.1) is 25.2 Å². The van der Waals surface area contributed by atoms with Crippen LogP contribution in [0, 0.1) is 5.92 Å². The second-order valence-corrected chi connectivity index (χ2v) is 4.56. The van der Waals surface area contributed by atoms with Gasteiger partial charge in [0.15, 0.2) is 0 Å². The molecule has 2 aliphatic heterocycles. The predicted molar refractivity (Wildman–Crippen MR) is 62.9 cm³/mol. The molecule has 2 fully saturated rings. The largest absolute Gasteiger partial charge is 0.495 e. The highest BCUT2D eigenvalue weighted by Gasteiger charge is 2.40. The van der Waals surface area contributed by atoms with E-state index in [-0.39, 0.29) is 0 Å². The fraction of sp³-hybridized carbons (Fsp3) is 0.583. The Kier molecular flexibility index (Phi) is 2.44. The van der Waals surface area contributed by atoms with Crippen LogP contribution in [0.15, 0.2) is 18.5 Å². The number of piperidine rings is 1. The highest BCUT2D eigenvalue weighted by atomic mass is 16.5. The molecule has 2 aliphatic rings. The number of anilines is 1. The standard InChI is InChI=1S/C12H17N3O/c1-16-11-4-10(5-14-6-11)15-8-9-2-3-13-7-12(9)15/h4-6,9,12-13H,2-3,7-8H2,1H3/t9-,12-/m1/s1. The molecule has 0 spiro atoms. The van der Waals surface area contributed by atoms with Gasteiger partial charge in [-0.05, 0) is 18.9 Å². The minimum atomic E-state index is 0.655. The van der Waals surface area contributed by atoms with Crippen LogP contribution < -0.4 is 15.0 Å². The van der Waals surface area contributed by atoms with Gasteiger partial charge in [-0.2, -0.15) is 0 Å². The first kappa shape index (κ1) is 9.90. The summed E-state index contributed by atoms with van der Waals surface area (Å²) in [6, 6.07) is 2.72. The SMILES string of the molecule is COc1cncc(N2C[C@H]3CCNC[C@H]32)c1. The Morgan fingerprint density at radius 1 is 1.50 bits per heavy atom. The maximum Gasteiger partial charge on any atom is 0.139 e. The van der Waals surface area contributed by atoms with Crippen LogP contribution in [0.2, 0.25) is 0 Å². The third-order valence-electron chi connectivity index (χ3n) is 3.69. The number of ether oxygens (including phenoxy) is 1. The van der Waals surface area contributed by atoms with E-state index in [1.165, 1.54) is 25.2 Å². The third-order valence-corrected chi connectivity index (χ3v) is 3.69. The van der Waals surface area contributed by atoms with Crippen LogP contribution in [0.25, 0.3) is 0 Å². The molecule has 0 amide bonds. The molecule has 0 saturated carbocycles. The number of hydrogen-bond acceptors (Lipinski definition) is 4. The lowest BCUT2D eigenvalue weighted by Crippen LogP contribution is -2.63. The molecule has 0 aliphatic carbocycles. The molecule has 1 aromatic rings. The molecule has 0 radical (unpaired) electrons. The zero-order valence-corrected chi connectivity index (χ0v) is 9.52.